The van der Waals surface area contributed by atoms with Crippen molar-refractivity contribution in [3.05, 3.63) is 52.2 Å². The molecule has 2 nitrogen and oxygen atoms in total. The van der Waals surface area contributed by atoms with Crippen LogP contribution in [0.5, 0.6) is 0 Å². The minimum absolute atomic E-state index is 0.303. The zero-order valence-corrected chi connectivity index (χ0v) is 14.5. The van der Waals surface area contributed by atoms with Crippen LogP contribution >= 0.6 is 23.1 Å². The molecule has 1 aliphatic rings. The smallest absolute Gasteiger partial charge is 0.223 e. The number of hydrogen-bond acceptors (Lipinski definition) is 3. The van der Waals surface area contributed by atoms with Crippen LogP contribution in [0.4, 0.5) is 0 Å². The van der Waals surface area contributed by atoms with Gasteiger partial charge >= 0.3 is 0 Å². The molecule has 1 aliphatic heterocycles. The van der Waals surface area contributed by atoms with Crippen molar-refractivity contribution in [2.45, 2.75) is 37.1 Å². The Morgan fingerprint density at radius 3 is 2.82 bits per heavy atom. The first kappa shape index (κ1) is 15.6. The molecule has 1 unspecified atom stereocenters. The van der Waals surface area contributed by atoms with Crippen molar-refractivity contribution in [3.63, 3.8) is 0 Å². The van der Waals surface area contributed by atoms with Crippen LogP contribution in [0.3, 0.4) is 0 Å². The summed E-state index contributed by atoms with van der Waals surface area (Å²) in [5, 5.41) is 0. The maximum absolute atomic E-state index is 12.5. The maximum Gasteiger partial charge on any atom is 0.223 e. The van der Waals surface area contributed by atoms with Gasteiger partial charge in [0.15, 0.2) is 0 Å². The molecule has 3 rings (SSSR count). The number of aryl methyl sites for hydroxylation is 1. The van der Waals surface area contributed by atoms with Crippen molar-refractivity contribution >= 4 is 29.0 Å². The number of nitrogens with zero attached hydrogens (tertiary/aromatic N) is 1. The first-order valence-electron chi connectivity index (χ1n) is 7.78. The maximum atomic E-state index is 12.5. The second-order valence-corrected chi connectivity index (χ2v) is 8.09. The molecular weight excluding hydrogens is 310 g/mol. The Kier molecular flexibility index (Phi) is 5.21. The lowest BCUT2D eigenvalue weighted by molar-refractivity contribution is -0.131. The molecule has 0 spiro atoms. The van der Waals surface area contributed by atoms with E-state index in [2.05, 4.69) is 36.1 Å². The molecule has 22 heavy (non-hydrogen) atoms. The van der Waals surface area contributed by atoms with Crippen LogP contribution < -0.4 is 0 Å². The largest absolute Gasteiger partial charge is 0.335 e. The highest BCUT2D eigenvalue weighted by Gasteiger charge is 2.30. The molecule has 0 bridgehead atoms. The lowest BCUT2D eigenvalue weighted by Crippen LogP contribution is -2.30. The van der Waals surface area contributed by atoms with Crippen molar-refractivity contribution in [1.82, 2.24) is 4.90 Å². The van der Waals surface area contributed by atoms with Crippen LogP contribution in [-0.4, -0.2) is 23.1 Å². The predicted molar refractivity (Wildman–Crippen MR) is 94.5 cm³/mol. The van der Waals surface area contributed by atoms with E-state index in [1.54, 1.807) is 11.8 Å². The number of carbonyl (C=O) groups is 1. The molecule has 0 aliphatic carbocycles. The first-order chi connectivity index (χ1) is 10.7. The van der Waals surface area contributed by atoms with Gasteiger partial charge in [-0.1, -0.05) is 18.2 Å². The summed E-state index contributed by atoms with van der Waals surface area (Å²) in [6.45, 7) is 3.04. The minimum Gasteiger partial charge on any atom is -0.335 e. The van der Waals surface area contributed by atoms with Gasteiger partial charge in [-0.05, 0) is 44.0 Å². The van der Waals surface area contributed by atoms with Crippen LogP contribution in [0.15, 0.2) is 47.4 Å². The minimum atomic E-state index is 0.303. The van der Waals surface area contributed by atoms with E-state index in [1.165, 1.54) is 14.6 Å². The fourth-order valence-electron chi connectivity index (χ4n) is 2.91. The molecule has 0 saturated carbocycles. The number of carbonyl (C=O) groups excluding carboxylic acids is 1. The molecule has 2 heterocycles. The molecular formula is C18H21NOS2. The van der Waals surface area contributed by atoms with E-state index in [4.69, 9.17) is 0 Å². The van der Waals surface area contributed by atoms with Gasteiger partial charge in [-0.3, -0.25) is 4.79 Å². The van der Waals surface area contributed by atoms with Gasteiger partial charge in [-0.2, -0.15) is 0 Å². The van der Waals surface area contributed by atoms with Crippen LogP contribution in [0.1, 0.15) is 35.1 Å². The molecule has 1 aromatic heterocycles. The third-order valence-corrected chi connectivity index (χ3v) is 6.11. The third kappa shape index (κ3) is 3.73. The third-order valence-electron chi connectivity index (χ3n) is 3.99. The monoisotopic (exact) mass is 331 g/mol. The summed E-state index contributed by atoms with van der Waals surface area (Å²) in [5.74, 6) is 1.16. The van der Waals surface area contributed by atoms with E-state index in [0.717, 1.165) is 25.1 Å². The quantitative estimate of drug-likeness (QED) is 0.726. The van der Waals surface area contributed by atoms with Gasteiger partial charge in [0.25, 0.3) is 0 Å². The summed E-state index contributed by atoms with van der Waals surface area (Å²) >= 11 is 3.59. The second-order valence-electron chi connectivity index (χ2n) is 5.61. The topological polar surface area (TPSA) is 20.3 Å². The van der Waals surface area contributed by atoms with Crippen molar-refractivity contribution in [3.8, 4) is 0 Å². The van der Waals surface area contributed by atoms with Crippen LogP contribution in [0.25, 0.3) is 0 Å². The Morgan fingerprint density at radius 1 is 1.27 bits per heavy atom. The van der Waals surface area contributed by atoms with Gasteiger partial charge in [0.05, 0.1) is 6.04 Å². The highest BCUT2D eigenvalue weighted by Crippen LogP contribution is 2.36. The van der Waals surface area contributed by atoms with Gasteiger partial charge in [0, 0.05) is 33.4 Å². The summed E-state index contributed by atoms with van der Waals surface area (Å²) in [7, 11) is 0. The van der Waals surface area contributed by atoms with E-state index < -0.39 is 0 Å². The molecule has 1 saturated heterocycles. The Balaban J connectivity index is 1.55. The summed E-state index contributed by atoms with van der Waals surface area (Å²) in [5.41, 5.74) is 0. The molecule has 1 fully saturated rings. The second kappa shape index (κ2) is 7.34. The van der Waals surface area contributed by atoms with Gasteiger partial charge in [0.2, 0.25) is 5.91 Å². The number of amides is 1. The number of hydrogen-bond donors (Lipinski definition) is 0. The van der Waals surface area contributed by atoms with Gasteiger partial charge in [-0.25, -0.2) is 0 Å². The number of thiophene rings is 1. The Bertz CT molecular complexity index is 623. The standard InChI is InChI=1S/C18H21NOS2/c1-14-9-10-17(22-14)16-8-5-12-19(16)18(20)11-13-21-15-6-3-2-4-7-15/h2-4,6-7,9-10,16H,5,8,11-13H2,1H3. The predicted octanol–water partition coefficient (Wildman–Crippen LogP) is 4.90. The number of benzene rings is 1. The molecule has 116 valence electrons. The van der Waals surface area contributed by atoms with Gasteiger partial charge in [0.1, 0.15) is 0 Å². The van der Waals surface area contributed by atoms with E-state index in [-0.39, 0.29) is 0 Å². The molecule has 2 aromatic rings. The van der Waals surface area contributed by atoms with E-state index in [0.29, 0.717) is 18.4 Å². The van der Waals surface area contributed by atoms with Crippen LogP contribution in [-0.2, 0) is 4.79 Å². The van der Waals surface area contributed by atoms with Crippen molar-refractivity contribution in [1.29, 1.82) is 0 Å². The lowest BCUT2D eigenvalue weighted by Gasteiger charge is -2.24. The molecule has 1 aromatic carbocycles. The van der Waals surface area contributed by atoms with Gasteiger partial charge in [-0.15, -0.1) is 23.1 Å². The van der Waals surface area contributed by atoms with Crippen molar-refractivity contribution in [2.24, 2.45) is 0 Å². The fraction of sp³-hybridized carbons (Fsp3) is 0.389. The van der Waals surface area contributed by atoms with E-state index in [9.17, 15) is 4.79 Å². The van der Waals surface area contributed by atoms with Gasteiger partial charge < -0.3 is 4.90 Å². The molecule has 1 atom stereocenters. The average Bonchev–Trinajstić information content (AvgIpc) is 3.16. The Hall–Kier alpha value is -1.26. The van der Waals surface area contributed by atoms with E-state index >= 15 is 0 Å². The first-order valence-corrected chi connectivity index (χ1v) is 9.58. The normalized spacial score (nSPS) is 17.9. The highest BCUT2D eigenvalue weighted by atomic mass is 32.2. The SMILES string of the molecule is Cc1ccc(C2CCCN2C(=O)CCSc2ccccc2)s1. The van der Waals surface area contributed by atoms with Crippen molar-refractivity contribution in [2.75, 3.05) is 12.3 Å². The zero-order chi connectivity index (χ0) is 15.4. The summed E-state index contributed by atoms with van der Waals surface area (Å²) < 4.78 is 0. The average molecular weight is 332 g/mol. The van der Waals surface area contributed by atoms with E-state index in [1.807, 2.05) is 29.5 Å². The fourth-order valence-corrected chi connectivity index (χ4v) is 4.80. The lowest BCUT2D eigenvalue weighted by atomic mass is 10.2. The molecule has 0 radical (unpaired) electrons. The number of thioether (sulfide) groups is 1. The number of rotatable bonds is 5. The zero-order valence-electron chi connectivity index (χ0n) is 12.8. The molecule has 0 N–H and O–H groups in total. The number of likely N-dealkylation sites (tertiary alicyclic amines) is 1. The Labute approximate surface area is 140 Å². The Morgan fingerprint density at radius 2 is 2.09 bits per heavy atom. The molecule has 4 heteroatoms. The molecule has 1 amide bonds. The summed E-state index contributed by atoms with van der Waals surface area (Å²) in [6, 6.07) is 15.0. The summed E-state index contributed by atoms with van der Waals surface area (Å²) in [6.07, 6.45) is 2.86. The van der Waals surface area contributed by atoms with Crippen LogP contribution in [0, 0.1) is 6.92 Å². The highest BCUT2D eigenvalue weighted by molar-refractivity contribution is 7.99. The van der Waals surface area contributed by atoms with Crippen molar-refractivity contribution < 1.29 is 4.79 Å². The summed E-state index contributed by atoms with van der Waals surface area (Å²) in [4.78, 5) is 18.5. The van der Waals surface area contributed by atoms with Crippen LogP contribution in [0.2, 0.25) is 0 Å².